The number of rotatable bonds is 3. The van der Waals surface area contributed by atoms with Gasteiger partial charge in [0, 0.05) is 12.0 Å². The van der Waals surface area contributed by atoms with Gasteiger partial charge < -0.3 is 9.64 Å². The van der Waals surface area contributed by atoms with Gasteiger partial charge in [-0.05, 0) is 110 Å². The highest BCUT2D eigenvalue weighted by molar-refractivity contribution is 6.77. The molecule has 8 fully saturated rings. The second kappa shape index (κ2) is 10.5. The third-order valence-electron chi connectivity index (χ3n) is 16.4. The number of fused-ring (bicyclic) bond motifs is 7. The molecule has 3 aliphatic heterocycles. The minimum atomic E-state index is 0.418. The van der Waals surface area contributed by atoms with E-state index in [1.165, 1.54) is 89.9 Å². The van der Waals surface area contributed by atoms with Gasteiger partial charge in [0.2, 0.25) is 0 Å². The fourth-order valence-corrected chi connectivity index (χ4v) is 15.2. The predicted octanol–water partition coefficient (Wildman–Crippen LogP) is 9.04. The monoisotopic (exact) mass is 606 g/mol. The van der Waals surface area contributed by atoms with E-state index < -0.39 is 0 Å². The molecule has 45 heavy (non-hydrogen) atoms. The number of aliphatic imine (C=N–C) groups is 1. The van der Waals surface area contributed by atoms with Gasteiger partial charge in [-0.15, -0.1) is 0 Å². The molecule has 0 spiro atoms. The van der Waals surface area contributed by atoms with Crippen molar-refractivity contribution in [1.82, 2.24) is 4.90 Å². The van der Waals surface area contributed by atoms with Crippen LogP contribution in [0.25, 0.3) is 0 Å². The van der Waals surface area contributed by atoms with Gasteiger partial charge >= 0.3 is 0 Å². The van der Waals surface area contributed by atoms with Crippen LogP contribution >= 0.6 is 0 Å². The molecule has 14 unspecified atom stereocenters. The second-order valence-corrected chi connectivity index (χ2v) is 18.5. The molecule has 2 saturated heterocycles. The van der Waals surface area contributed by atoms with Crippen LogP contribution < -0.4 is 5.46 Å². The van der Waals surface area contributed by atoms with E-state index in [0.717, 1.165) is 65.0 Å². The zero-order valence-electron chi connectivity index (χ0n) is 28.7. The Morgan fingerprint density at radius 2 is 1.36 bits per heavy atom. The fourth-order valence-electron chi connectivity index (χ4n) is 15.2. The zero-order valence-corrected chi connectivity index (χ0v) is 28.7. The zero-order chi connectivity index (χ0) is 30.1. The fraction of sp³-hybridized carbons (Fsp3) is 0.829. The van der Waals surface area contributed by atoms with E-state index in [-0.39, 0.29) is 0 Å². The van der Waals surface area contributed by atoms with Gasteiger partial charge in [0.05, 0.1) is 12.1 Å². The van der Waals surface area contributed by atoms with Crippen LogP contribution in [0.4, 0.5) is 0 Å². The van der Waals surface area contributed by atoms with E-state index >= 15 is 0 Å². The Hall–Kier alpha value is -1.45. The quantitative estimate of drug-likeness (QED) is 0.321. The van der Waals surface area contributed by atoms with Crippen LogP contribution in [-0.4, -0.2) is 41.9 Å². The number of nitrogens with zero attached hydrogens (tertiary/aromatic N) is 2. The van der Waals surface area contributed by atoms with Crippen molar-refractivity contribution < 1.29 is 4.74 Å². The first-order valence-corrected chi connectivity index (χ1v) is 20.2. The third kappa shape index (κ3) is 3.92. The first-order valence-electron chi connectivity index (χ1n) is 20.2. The van der Waals surface area contributed by atoms with Gasteiger partial charge in [-0.25, -0.2) is 4.99 Å². The van der Waals surface area contributed by atoms with Crippen molar-refractivity contribution >= 4 is 18.2 Å². The van der Waals surface area contributed by atoms with E-state index in [2.05, 4.69) is 50.8 Å². The van der Waals surface area contributed by atoms with E-state index in [9.17, 15) is 0 Å². The molecule has 0 amide bonds. The molecule has 3 heterocycles. The minimum Gasteiger partial charge on any atom is -0.461 e. The highest BCUT2D eigenvalue weighted by Crippen LogP contribution is 2.67. The number of benzene rings is 1. The molecule has 3 nitrogen and oxygen atoms in total. The van der Waals surface area contributed by atoms with Crippen molar-refractivity contribution in [2.45, 2.75) is 165 Å². The molecule has 4 heteroatoms. The van der Waals surface area contributed by atoms with Crippen molar-refractivity contribution in [2.75, 3.05) is 0 Å². The molecule has 6 saturated carbocycles. The summed E-state index contributed by atoms with van der Waals surface area (Å²) >= 11 is 0. The first-order chi connectivity index (χ1) is 22.0. The van der Waals surface area contributed by atoms with E-state index in [1.807, 2.05) is 5.46 Å². The molecule has 1 aromatic carbocycles. The summed E-state index contributed by atoms with van der Waals surface area (Å²) < 4.78 is 7.17. The van der Waals surface area contributed by atoms with Crippen LogP contribution in [0, 0.1) is 47.3 Å². The van der Waals surface area contributed by atoms with E-state index in [1.54, 1.807) is 11.1 Å². The Kier molecular flexibility index (Phi) is 6.68. The molecule has 9 aliphatic rings. The molecule has 0 radical (unpaired) electrons. The summed E-state index contributed by atoms with van der Waals surface area (Å²) in [4.78, 5) is 8.90. The van der Waals surface area contributed by atoms with Crippen molar-refractivity contribution in [1.29, 1.82) is 0 Å². The van der Waals surface area contributed by atoms with Crippen molar-refractivity contribution in [2.24, 2.45) is 52.3 Å². The second-order valence-electron chi connectivity index (χ2n) is 18.5. The van der Waals surface area contributed by atoms with Crippen molar-refractivity contribution in [3.05, 3.63) is 29.3 Å². The normalized spacial score (nSPS) is 47.4. The lowest BCUT2D eigenvalue weighted by Crippen LogP contribution is -2.74. The summed E-state index contributed by atoms with van der Waals surface area (Å²) in [5, 5.41) is 0. The van der Waals surface area contributed by atoms with E-state index in [0.29, 0.717) is 42.8 Å². The van der Waals surface area contributed by atoms with E-state index in [4.69, 9.17) is 9.73 Å². The summed E-state index contributed by atoms with van der Waals surface area (Å²) in [6.45, 7) is 10.6. The smallest absolute Gasteiger partial charge is 0.288 e. The average molecular weight is 607 g/mol. The Labute approximate surface area is 274 Å². The molecule has 0 aromatic heterocycles. The summed E-state index contributed by atoms with van der Waals surface area (Å²) in [7, 11) is 0. The highest BCUT2D eigenvalue weighted by atomic mass is 16.5. The minimum absolute atomic E-state index is 0.418. The molecular formula is C41H59BN2O. The first kappa shape index (κ1) is 28.6. The molecular weight excluding hydrogens is 547 g/mol. The lowest BCUT2D eigenvalue weighted by atomic mass is 9.21. The van der Waals surface area contributed by atoms with Crippen LogP contribution in [0.1, 0.15) is 141 Å². The van der Waals surface area contributed by atoms with Crippen LogP contribution in [0.2, 0.25) is 11.6 Å². The Bertz CT molecular complexity index is 1330. The lowest BCUT2D eigenvalue weighted by Gasteiger charge is -2.66. The van der Waals surface area contributed by atoms with Gasteiger partial charge in [-0.1, -0.05) is 107 Å². The summed E-state index contributed by atoms with van der Waals surface area (Å²) in [5.41, 5.74) is 5.18. The third-order valence-corrected chi connectivity index (χ3v) is 16.4. The number of ether oxygens (including phenoxy) is 1. The molecule has 14 atom stereocenters. The van der Waals surface area contributed by atoms with Crippen LogP contribution in [0.3, 0.4) is 0 Å². The summed E-state index contributed by atoms with van der Waals surface area (Å²) in [5.74, 6) is 9.80. The number of hydrogen-bond acceptors (Lipinski definition) is 3. The lowest BCUT2D eigenvalue weighted by molar-refractivity contribution is -0.116. The average Bonchev–Trinajstić information content (AvgIpc) is 3.45. The summed E-state index contributed by atoms with van der Waals surface area (Å²) in [6, 6.07) is 10.4. The van der Waals surface area contributed by atoms with Crippen LogP contribution in [0.5, 0.6) is 0 Å². The molecule has 0 N–H and O–H groups in total. The highest BCUT2D eigenvalue weighted by Gasteiger charge is 2.70. The summed E-state index contributed by atoms with van der Waals surface area (Å²) in [6.07, 6.45) is 20.8. The van der Waals surface area contributed by atoms with Crippen LogP contribution in [0.15, 0.2) is 23.2 Å². The molecule has 0 bridgehead atoms. The largest absolute Gasteiger partial charge is 0.461 e. The van der Waals surface area contributed by atoms with Gasteiger partial charge in [-0.2, -0.15) is 0 Å². The van der Waals surface area contributed by atoms with Crippen molar-refractivity contribution in [3.63, 3.8) is 0 Å². The molecule has 242 valence electrons. The SMILES string of the molecule is CC(C)c1cccc(C(C)C)c1B1C2CC3C4CCCCC4C4CCCCC4C3C3N=C4OC5CCCC6CCC1C(C65)N4C23. The van der Waals surface area contributed by atoms with Gasteiger partial charge in [0.25, 0.3) is 6.02 Å². The molecule has 1 aromatic rings. The molecule has 6 aliphatic carbocycles. The maximum atomic E-state index is 7.17. The number of hydrogen-bond donors (Lipinski definition) is 0. The van der Waals surface area contributed by atoms with Gasteiger partial charge in [0.1, 0.15) is 6.10 Å². The Morgan fingerprint density at radius 1 is 0.689 bits per heavy atom. The van der Waals surface area contributed by atoms with Crippen molar-refractivity contribution in [3.8, 4) is 0 Å². The molecule has 10 rings (SSSR count). The van der Waals surface area contributed by atoms with Gasteiger partial charge in [-0.3, -0.25) is 0 Å². The maximum absolute atomic E-state index is 7.17. The van der Waals surface area contributed by atoms with Crippen LogP contribution in [-0.2, 0) is 4.74 Å². The Morgan fingerprint density at radius 3 is 2.07 bits per heavy atom. The maximum Gasteiger partial charge on any atom is 0.288 e. The predicted molar refractivity (Wildman–Crippen MR) is 186 cm³/mol. The topological polar surface area (TPSA) is 24.8 Å². The van der Waals surface area contributed by atoms with Gasteiger partial charge in [0.15, 0.2) is 6.71 Å². The standard InChI is InChI=1S/C41H59BN2O/c1-22(2)25-16-10-17-26(23(3)4)37(25)42-32-20-19-24-11-9-18-34-35(24)39(32)44-40-33(42)21-31-29-14-6-5-12-27(29)28-13-7-8-15-30(28)36(31)38(40)43-41(44)45-34/h10,16-17,22-24,27-36,38-40H,5-9,11-15,18-21H2,1-4H3. The Balaban J connectivity index is 1.17. The number of amidine groups is 1.